The van der Waals surface area contributed by atoms with Crippen LogP contribution in [0.15, 0.2) is 60.7 Å². The summed E-state index contributed by atoms with van der Waals surface area (Å²) >= 11 is 0. The second kappa shape index (κ2) is 6.74. The van der Waals surface area contributed by atoms with Crippen LogP contribution in [0.25, 0.3) is 0 Å². The molecule has 0 aliphatic carbocycles. The predicted octanol–water partition coefficient (Wildman–Crippen LogP) is 3.18. The average Bonchev–Trinajstić information content (AvgIpc) is 2.47. The Kier molecular flexibility index (Phi) is 4.73. The predicted molar refractivity (Wildman–Crippen MR) is 77.6 cm³/mol. The maximum absolute atomic E-state index is 12.0. The van der Waals surface area contributed by atoms with Gasteiger partial charge in [0.15, 0.2) is 0 Å². The number of amides is 1. The molecule has 0 aromatic heterocycles. The fourth-order valence-electron chi connectivity index (χ4n) is 2.02. The summed E-state index contributed by atoms with van der Waals surface area (Å²) in [6.45, 7) is 2.56. The number of benzene rings is 2. The maximum atomic E-state index is 12.0. The van der Waals surface area contributed by atoms with Crippen molar-refractivity contribution >= 4 is 5.91 Å². The van der Waals surface area contributed by atoms with E-state index in [1.165, 1.54) is 5.56 Å². The Bertz CT molecular complexity index is 507. The molecule has 0 unspecified atom stereocenters. The number of hydrogen-bond donors (Lipinski definition) is 1. The Morgan fingerprint density at radius 2 is 1.47 bits per heavy atom. The standard InChI is InChI=1S/C17H19NO/c1-14(12-15-8-4-2-5-9-15)17(19)18-13-16-10-6-3-7-11-16/h2-11,14H,12-13H2,1H3,(H,18,19)/t14-/m0/s1. The van der Waals surface area contributed by atoms with E-state index in [1.54, 1.807) is 0 Å². The zero-order valence-corrected chi connectivity index (χ0v) is 11.2. The van der Waals surface area contributed by atoms with E-state index in [2.05, 4.69) is 17.4 Å². The van der Waals surface area contributed by atoms with Crippen molar-refractivity contribution in [1.82, 2.24) is 5.32 Å². The highest BCUT2D eigenvalue weighted by Gasteiger charge is 2.12. The van der Waals surface area contributed by atoms with Gasteiger partial charge in [0.25, 0.3) is 0 Å². The van der Waals surface area contributed by atoms with Crippen LogP contribution in [0.2, 0.25) is 0 Å². The van der Waals surface area contributed by atoms with Crippen molar-refractivity contribution in [2.75, 3.05) is 0 Å². The minimum atomic E-state index is -0.00823. The lowest BCUT2D eigenvalue weighted by Crippen LogP contribution is -2.29. The summed E-state index contributed by atoms with van der Waals surface area (Å²) < 4.78 is 0. The molecule has 0 bridgehead atoms. The molecular formula is C17H19NO. The lowest BCUT2D eigenvalue weighted by Gasteiger charge is -2.12. The minimum absolute atomic E-state index is 0.00823. The quantitative estimate of drug-likeness (QED) is 0.871. The van der Waals surface area contributed by atoms with Gasteiger partial charge in [-0.3, -0.25) is 4.79 Å². The molecule has 0 spiro atoms. The molecule has 2 nitrogen and oxygen atoms in total. The second-order valence-electron chi connectivity index (χ2n) is 4.79. The van der Waals surface area contributed by atoms with Gasteiger partial charge in [-0.2, -0.15) is 0 Å². The minimum Gasteiger partial charge on any atom is -0.352 e. The van der Waals surface area contributed by atoms with Crippen molar-refractivity contribution < 1.29 is 4.79 Å². The molecule has 0 aliphatic heterocycles. The lowest BCUT2D eigenvalue weighted by molar-refractivity contribution is -0.124. The third kappa shape index (κ3) is 4.25. The highest BCUT2D eigenvalue weighted by Crippen LogP contribution is 2.08. The molecule has 0 saturated carbocycles. The molecule has 0 radical (unpaired) electrons. The largest absolute Gasteiger partial charge is 0.352 e. The smallest absolute Gasteiger partial charge is 0.223 e. The Labute approximate surface area is 114 Å². The van der Waals surface area contributed by atoms with Gasteiger partial charge >= 0.3 is 0 Å². The number of carbonyl (C=O) groups excluding carboxylic acids is 1. The fourth-order valence-corrected chi connectivity index (χ4v) is 2.02. The van der Waals surface area contributed by atoms with E-state index in [0.717, 1.165) is 12.0 Å². The molecule has 0 fully saturated rings. The summed E-state index contributed by atoms with van der Waals surface area (Å²) in [6, 6.07) is 20.1. The van der Waals surface area contributed by atoms with Crippen LogP contribution < -0.4 is 5.32 Å². The molecule has 2 heteroatoms. The summed E-state index contributed by atoms with van der Waals surface area (Å²) in [5.41, 5.74) is 2.33. The average molecular weight is 253 g/mol. The molecule has 1 amide bonds. The highest BCUT2D eigenvalue weighted by atomic mass is 16.1. The number of rotatable bonds is 5. The van der Waals surface area contributed by atoms with Crippen molar-refractivity contribution in [1.29, 1.82) is 0 Å². The Balaban J connectivity index is 1.83. The van der Waals surface area contributed by atoms with Gasteiger partial charge in [-0.1, -0.05) is 67.6 Å². The van der Waals surface area contributed by atoms with Gasteiger partial charge in [-0.15, -0.1) is 0 Å². The molecule has 0 heterocycles. The molecular weight excluding hydrogens is 234 g/mol. The van der Waals surface area contributed by atoms with E-state index in [4.69, 9.17) is 0 Å². The van der Waals surface area contributed by atoms with Gasteiger partial charge in [0, 0.05) is 12.5 Å². The summed E-state index contributed by atoms with van der Waals surface area (Å²) in [7, 11) is 0. The lowest BCUT2D eigenvalue weighted by atomic mass is 10.0. The number of hydrogen-bond acceptors (Lipinski definition) is 1. The zero-order valence-electron chi connectivity index (χ0n) is 11.2. The summed E-state index contributed by atoms with van der Waals surface area (Å²) in [6.07, 6.45) is 0.779. The van der Waals surface area contributed by atoms with Crippen LogP contribution in [-0.4, -0.2) is 5.91 Å². The van der Waals surface area contributed by atoms with Crippen LogP contribution in [0.3, 0.4) is 0 Å². The molecule has 1 N–H and O–H groups in total. The van der Waals surface area contributed by atoms with E-state index < -0.39 is 0 Å². The molecule has 19 heavy (non-hydrogen) atoms. The van der Waals surface area contributed by atoms with Crippen LogP contribution in [0.5, 0.6) is 0 Å². The van der Waals surface area contributed by atoms with Gasteiger partial charge in [0.05, 0.1) is 0 Å². The van der Waals surface area contributed by atoms with Gasteiger partial charge in [-0.25, -0.2) is 0 Å². The van der Waals surface area contributed by atoms with Gasteiger partial charge in [0.1, 0.15) is 0 Å². The van der Waals surface area contributed by atoms with E-state index in [0.29, 0.717) is 6.54 Å². The van der Waals surface area contributed by atoms with Crippen LogP contribution in [-0.2, 0) is 17.8 Å². The first-order valence-electron chi connectivity index (χ1n) is 6.61. The molecule has 2 rings (SSSR count). The number of nitrogens with one attached hydrogen (secondary N) is 1. The first kappa shape index (κ1) is 13.3. The zero-order chi connectivity index (χ0) is 13.5. The molecule has 0 aliphatic rings. The Morgan fingerprint density at radius 1 is 0.947 bits per heavy atom. The van der Waals surface area contributed by atoms with Crippen LogP contribution in [0, 0.1) is 5.92 Å². The van der Waals surface area contributed by atoms with Crippen molar-refractivity contribution in [2.24, 2.45) is 5.92 Å². The Hall–Kier alpha value is -2.09. The SMILES string of the molecule is C[C@@H](Cc1ccccc1)C(=O)NCc1ccccc1. The van der Waals surface area contributed by atoms with E-state index >= 15 is 0 Å². The van der Waals surface area contributed by atoms with Crippen molar-refractivity contribution in [3.05, 3.63) is 71.8 Å². The van der Waals surface area contributed by atoms with Crippen molar-refractivity contribution in [2.45, 2.75) is 19.9 Å². The van der Waals surface area contributed by atoms with Crippen molar-refractivity contribution in [3.8, 4) is 0 Å². The van der Waals surface area contributed by atoms with E-state index in [9.17, 15) is 4.79 Å². The topological polar surface area (TPSA) is 29.1 Å². The maximum Gasteiger partial charge on any atom is 0.223 e. The summed E-state index contributed by atoms with van der Waals surface area (Å²) in [5.74, 6) is 0.0961. The molecule has 1 atom stereocenters. The highest BCUT2D eigenvalue weighted by molar-refractivity contribution is 5.78. The van der Waals surface area contributed by atoms with Crippen LogP contribution in [0.4, 0.5) is 0 Å². The fraction of sp³-hybridized carbons (Fsp3) is 0.235. The summed E-state index contributed by atoms with van der Waals surface area (Å²) in [5, 5.41) is 2.98. The normalized spacial score (nSPS) is 11.8. The first-order chi connectivity index (χ1) is 9.25. The van der Waals surface area contributed by atoms with Gasteiger partial charge in [0.2, 0.25) is 5.91 Å². The molecule has 2 aromatic carbocycles. The van der Waals surface area contributed by atoms with Crippen LogP contribution in [0.1, 0.15) is 18.1 Å². The van der Waals surface area contributed by atoms with Crippen LogP contribution >= 0.6 is 0 Å². The van der Waals surface area contributed by atoms with Gasteiger partial charge in [-0.05, 0) is 17.5 Å². The monoisotopic (exact) mass is 253 g/mol. The number of carbonyl (C=O) groups is 1. The molecule has 2 aromatic rings. The van der Waals surface area contributed by atoms with Crippen molar-refractivity contribution in [3.63, 3.8) is 0 Å². The summed E-state index contributed by atoms with van der Waals surface area (Å²) in [4.78, 5) is 12.0. The first-order valence-corrected chi connectivity index (χ1v) is 6.61. The third-order valence-corrected chi connectivity index (χ3v) is 3.14. The molecule has 98 valence electrons. The van der Waals surface area contributed by atoms with Gasteiger partial charge < -0.3 is 5.32 Å². The third-order valence-electron chi connectivity index (χ3n) is 3.14. The Morgan fingerprint density at radius 3 is 2.05 bits per heavy atom. The molecule has 0 saturated heterocycles. The van der Waals surface area contributed by atoms with E-state index in [-0.39, 0.29) is 11.8 Å². The second-order valence-corrected chi connectivity index (χ2v) is 4.79. The van der Waals surface area contributed by atoms with E-state index in [1.807, 2.05) is 55.5 Å².